The minimum Gasteiger partial charge on any atom is -0.334 e. The van der Waals surface area contributed by atoms with Crippen molar-refractivity contribution in [1.29, 1.82) is 0 Å². The molecule has 190 valence electrons. The van der Waals surface area contributed by atoms with E-state index in [4.69, 9.17) is 4.98 Å². The molecule has 0 aliphatic carbocycles. The molecule has 0 bridgehead atoms. The molecule has 1 aromatic carbocycles. The number of tetrazole rings is 1. The van der Waals surface area contributed by atoms with Crippen LogP contribution in [0.25, 0.3) is 28.3 Å². The summed E-state index contributed by atoms with van der Waals surface area (Å²) in [5.74, 6) is 1.92. The Bertz CT molecular complexity index is 1510. The minimum absolute atomic E-state index is 0.0388. The Morgan fingerprint density at radius 3 is 2.57 bits per heavy atom. The molecular formula is C28H32N8O. The third-order valence-electron chi connectivity index (χ3n) is 6.43. The van der Waals surface area contributed by atoms with Gasteiger partial charge in [-0.1, -0.05) is 57.5 Å². The molecular weight excluding hydrogens is 464 g/mol. The second-order valence-corrected chi connectivity index (χ2v) is 9.69. The van der Waals surface area contributed by atoms with Crippen LogP contribution in [0, 0.1) is 5.92 Å². The fraction of sp³-hybridized carbons (Fsp3) is 0.321. The van der Waals surface area contributed by atoms with Crippen molar-refractivity contribution >= 4 is 0 Å². The molecule has 4 aromatic heterocycles. The van der Waals surface area contributed by atoms with Crippen molar-refractivity contribution in [2.24, 2.45) is 5.92 Å². The van der Waals surface area contributed by atoms with Crippen LogP contribution in [0.15, 0.2) is 71.9 Å². The number of benzene rings is 1. The number of H-pyrrole nitrogens is 1. The maximum absolute atomic E-state index is 13.6. The van der Waals surface area contributed by atoms with E-state index >= 15 is 0 Å². The summed E-state index contributed by atoms with van der Waals surface area (Å²) in [7, 11) is 0. The van der Waals surface area contributed by atoms with E-state index in [9.17, 15) is 4.79 Å². The van der Waals surface area contributed by atoms with Crippen molar-refractivity contribution < 1.29 is 0 Å². The van der Waals surface area contributed by atoms with Crippen LogP contribution < -0.4 is 5.69 Å². The van der Waals surface area contributed by atoms with E-state index in [0.717, 1.165) is 59.7 Å². The lowest BCUT2D eigenvalue weighted by Gasteiger charge is -2.11. The first-order valence-electron chi connectivity index (χ1n) is 12.8. The molecule has 9 nitrogen and oxygen atoms in total. The number of rotatable bonds is 10. The van der Waals surface area contributed by atoms with Crippen LogP contribution in [-0.2, 0) is 19.5 Å². The zero-order valence-electron chi connectivity index (χ0n) is 21.5. The van der Waals surface area contributed by atoms with E-state index < -0.39 is 0 Å². The average molecular weight is 497 g/mol. The second kappa shape index (κ2) is 10.8. The van der Waals surface area contributed by atoms with Crippen LogP contribution in [0.2, 0.25) is 0 Å². The molecule has 1 N–H and O–H groups in total. The molecule has 0 aliphatic rings. The molecule has 5 rings (SSSR count). The Kier molecular flexibility index (Phi) is 7.11. The summed E-state index contributed by atoms with van der Waals surface area (Å²) in [5.41, 5.74) is 4.62. The van der Waals surface area contributed by atoms with E-state index in [2.05, 4.69) is 46.0 Å². The number of imidazole rings is 1. The first kappa shape index (κ1) is 24.4. The molecule has 0 spiro atoms. The number of nitrogens with one attached hydrogen (secondary N) is 1. The van der Waals surface area contributed by atoms with Gasteiger partial charge in [0.25, 0.3) is 0 Å². The predicted molar refractivity (Wildman–Crippen MR) is 143 cm³/mol. The van der Waals surface area contributed by atoms with Crippen molar-refractivity contribution in [2.45, 2.75) is 53.1 Å². The number of hydrogen-bond acceptors (Lipinski definition) is 5. The van der Waals surface area contributed by atoms with Crippen LogP contribution in [-0.4, -0.2) is 39.3 Å². The highest BCUT2D eigenvalue weighted by molar-refractivity contribution is 5.79. The van der Waals surface area contributed by atoms with Crippen LogP contribution in [0.1, 0.15) is 45.0 Å². The average Bonchev–Trinajstić information content (AvgIpc) is 3.65. The summed E-state index contributed by atoms with van der Waals surface area (Å²) in [6.45, 7) is 7.81. The number of aryl methyl sites for hydroxylation is 1. The van der Waals surface area contributed by atoms with Gasteiger partial charge in [0.15, 0.2) is 0 Å². The highest BCUT2D eigenvalue weighted by Gasteiger charge is 2.16. The van der Waals surface area contributed by atoms with Crippen molar-refractivity contribution in [3.8, 4) is 28.3 Å². The Morgan fingerprint density at radius 2 is 1.86 bits per heavy atom. The molecule has 0 fully saturated rings. The Morgan fingerprint density at radius 1 is 1.03 bits per heavy atom. The Balaban J connectivity index is 1.46. The molecule has 0 saturated carbocycles. The molecule has 0 aliphatic heterocycles. The number of aromatic amines is 1. The lowest BCUT2D eigenvalue weighted by atomic mass is 10.0. The monoisotopic (exact) mass is 496 g/mol. The summed E-state index contributed by atoms with van der Waals surface area (Å²) < 4.78 is 5.79. The maximum Gasteiger partial charge on any atom is 0.334 e. The van der Waals surface area contributed by atoms with Gasteiger partial charge in [-0.2, -0.15) is 5.21 Å². The van der Waals surface area contributed by atoms with Gasteiger partial charge in [-0.15, -0.1) is 10.2 Å². The lowest BCUT2D eigenvalue weighted by Crippen LogP contribution is -2.26. The molecule has 0 radical (unpaired) electrons. The number of unbranched alkanes of at least 4 members (excludes halogenated alkanes) is 1. The normalized spacial score (nSPS) is 11.5. The van der Waals surface area contributed by atoms with E-state index in [-0.39, 0.29) is 5.69 Å². The topological polar surface area (TPSA) is 99.2 Å². The molecule has 5 aromatic rings. The zero-order valence-corrected chi connectivity index (χ0v) is 21.5. The van der Waals surface area contributed by atoms with E-state index in [1.54, 1.807) is 4.57 Å². The van der Waals surface area contributed by atoms with E-state index in [1.807, 2.05) is 71.7 Å². The van der Waals surface area contributed by atoms with Crippen molar-refractivity contribution in [1.82, 2.24) is 39.3 Å². The summed E-state index contributed by atoms with van der Waals surface area (Å²) in [4.78, 5) is 18.3. The van der Waals surface area contributed by atoms with Gasteiger partial charge >= 0.3 is 5.69 Å². The zero-order chi connectivity index (χ0) is 25.8. The summed E-state index contributed by atoms with van der Waals surface area (Å²) >= 11 is 0. The molecule has 0 atom stereocenters. The highest BCUT2D eigenvalue weighted by Crippen LogP contribution is 2.29. The second-order valence-electron chi connectivity index (χ2n) is 9.69. The summed E-state index contributed by atoms with van der Waals surface area (Å²) in [5, 5.41) is 14.4. The van der Waals surface area contributed by atoms with E-state index in [1.165, 1.54) is 0 Å². The number of nitrogens with zero attached hydrogens (tertiary/aromatic N) is 7. The minimum atomic E-state index is -0.0388. The van der Waals surface area contributed by atoms with Crippen molar-refractivity contribution in [3.63, 3.8) is 0 Å². The number of pyridine rings is 1. The smallest absolute Gasteiger partial charge is 0.334 e. The maximum atomic E-state index is 13.6. The van der Waals surface area contributed by atoms with Crippen LogP contribution >= 0.6 is 0 Å². The van der Waals surface area contributed by atoms with Gasteiger partial charge < -0.3 is 4.57 Å². The Hall–Kier alpha value is -4.27. The van der Waals surface area contributed by atoms with E-state index in [0.29, 0.717) is 18.3 Å². The largest absolute Gasteiger partial charge is 0.334 e. The summed E-state index contributed by atoms with van der Waals surface area (Å²) in [6.07, 6.45) is 8.82. The van der Waals surface area contributed by atoms with Gasteiger partial charge in [-0.3, -0.25) is 14.1 Å². The molecule has 37 heavy (non-hydrogen) atoms. The number of aromatic nitrogens is 8. The van der Waals surface area contributed by atoms with Crippen LogP contribution in [0.4, 0.5) is 0 Å². The third kappa shape index (κ3) is 5.16. The number of hydrogen-bond donors (Lipinski definition) is 1. The fourth-order valence-electron chi connectivity index (χ4n) is 4.63. The fourth-order valence-corrected chi connectivity index (χ4v) is 4.63. The van der Waals surface area contributed by atoms with Gasteiger partial charge in [0.05, 0.1) is 12.2 Å². The molecule has 4 heterocycles. The van der Waals surface area contributed by atoms with Gasteiger partial charge in [-0.05, 0) is 47.7 Å². The van der Waals surface area contributed by atoms with Gasteiger partial charge in [-0.25, -0.2) is 4.79 Å². The molecule has 0 saturated heterocycles. The molecule has 0 amide bonds. The third-order valence-corrected chi connectivity index (χ3v) is 6.43. The van der Waals surface area contributed by atoms with Gasteiger partial charge in [0.2, 0.25) is 5.82 Å². The first-order chi connectivity index (χ1) is 18.0. The molecule has 0 unspecified atom stereocenters. The first-order valence-corrected chi connectivity index (χ1v) is 12.8. The SMILES string of the molecule is CCCCc1cn(-c2cccn2CC(C)C)c(=O)n1Cc1ccc(-c2ccccc2-c2nn[nH]n2)cn1. The van der Waals surface area contributed by atoms with Crippen molar-refractivity contribution in [3.05, 3.63) is 89.0 Å². The quantitative estimate of drug-likeness (QED) is 0.301. The highest BCUT2D eigenvalue weighted by atomic mass is 16.1. The predicted octanol–water partition coefficient (Wildman–Crippen LogP) is 4.73. The van der Waals surface area contributed by atoms with Crippen LogP contribution in [0.5, 0.6) is 0 Å². The van der Waals surface area contributed by atoms with Crippen molar-refractivity contribution in [2.75, 3.05) is 0 Å². The standard InChI is InChI=1S/C28H32N8O/c1-4-5-9-23-19-36(26-12-8-15-34(26)17-20(2)3)28(37)35(23)18-22-14-13-21(16-29-22)24-10-6-7-11-25(24)27-30-32-33-31-27/h6-8,10-16,19-20H,4-5,9,17-18H2,1-3H3,(H,30,31,32,33). The van der Waals surface area contributed by atoms with Gasteiger partial charge in [0.1, 0.15) is 5.82 Å². The Labute approximate surface area is 215 Å². The van der Waals surface area contributed by atoms with Gasteiger partial charge in [0, 0.05) is 42.0 Å². The lowest BCUT2D eigenvalue weighted by molar-refractivity contribution is 0.516. The van der Waals surface area contributed by atoms with Crippen LogP contribution in [0.3, 0.4) is 0 Å². The molecule has 9 heteroatoms. The summed E-state index contributed by atoms with van der Waals surface area (Å²) in [6, 6.07) is 15.9.